The lowest BCUT2D eigenvalue weighted by atomic mass is 10.1. The zero-order chi connectivity index (χ0) is 19.4. The van der Waals surface area contributed by atoms with Gasteiger partial charge < -0.3 is 10.1 Å². The van der Waals surface area contributed by atoms with Gasteiger partial charge in [0.1, 0.15) is 17.3 Å². The number of benzene rings is 2. The third-order valence-corrected chi connectivity index (χ3v) is 3.99. The van der Waals surface area contributed by atoms with Gasteiger partial charge in [0, 0.05) is 0 Å². The highest BCUT2D eigenvalue weighted by Crippen LogP contribution is 2.19. The van der Waals surface area contributed by atoms with Gasteiger partial charge in [0.15, 0.2) is 0 Å². The standard InChI is InChI=1S/C21H21FN2O3/c1-14(2)13-27-18-9-5-15(6-10-18)11-19-20(25)24(21(26)23-19)12-16-3-7-17(22)8-4-16/h3-11,14H,12-13H2,1-2H3,(H,23,26)/b19-11-. The molecule has 0 aliphatic carbocycles. The Morgan fingerprint density at radius 3 is 2.37 bits per heavy atom. The van der Waals surface area contributed by atoms with Crippen LogP contribution in [-0.2, 0) is 11.3 Å². The summed E-state index contributed by atoms with van der Waals surface area (Å²) in [6, 6.07) is 12.5. The van der Waals surface area contributed by atoms with Crippen molar-refractivity contribution >= 4 is 18.0 Å². The maximum absolute atomic E-state index is 13.0. The summed E-state index contributed by atoms with van der Waals surface area (Å²) in [5.74, 6) is 0.414. The zero-order valence-corrected chi connectivity index (χ0v) is 15.2. The molecule has 27 heavy (non-hydrogen) atoms. The summed E-state index contributed by atoms with van der Waals surface area (Å²) in [5, 5.41) is 2.58. The molecule has 2 aromatic carbocycles. The highest BCUT2D eigenvalue weighted by atomic mass is 19.1. The van der Waals surface area contributed by atoms with Crippen LogP contribution in [0.25, 0.3) is 6.08 Å². The molecular weight excluding hydrogens is 347 g/mol. The van der Waals surface area contributed by atoms with Crippen LogP contribution in [0, 0.1) is 11.7 Å². The molecular formula is C21H21FN2O3. The summed E-state index contributed by atoms with van der Waals surface area (Å²) in [7, 11) is 0. The molecule has 1 aliphatic heterocycles. The second-order valence-corrected chi connectivity index (χ2v) is 6.78. The minimum atomic E-state index is -0.493. The van der Waals surface area contributed by atoms with Gasteiger partial charge >= 0.3 is 6.03 Å². The van der Waals surface area contributed by atoms with Gasteiger partial charge in [-0.05, 0) is 47.4 Å². The van der Waals surface area contributed by atoms with Crippen LogP contribution < -0.4 is 10.1 Å². The first-order valence-corrected chi connectivity index (χ1v) is 8.74. The van der Waals surface area contributed by atoms with Crippen molar-refractivity contribution in [1.82, 2.24) is 10.2 Å². The predicted molar refractivity (Wildman–Crippen MR) is 100 cm³/mol. The van der Waals surface area contributed by atoms with Gasteiger partial charge in [0.2, 0.25) is 0 Å². The number of hydrogen-bond acceptors (Lipinski definition) is 3. The molecule has 1 saturated heterocycles. The van der Waals surface area contributed by atoms with E-state index in [2.05, 4.69) is 19.2 Å². The maximum Gasteiger partial charge on any atom is 0.329 e. The molecule has 5 nitrogen and oxygen atoms in total. The van der Waals surface area contributed by atoms with Crippen LogP contribution in [0.3, 0.4) is 0 Å². The number of imide groups is 1. The molecule has 3 rings (SSSR count). The second-order valence-electron chi connectivity index (χ2n) is 6.78. The predicted octanol–water partition coefficient (Wildman–Crippen LogP) is 3.95. The molecule has 1 fully saturated rings. The topological polar surface area (TPSA) is 58.6 Å². The lowest BCUT2D eigenvalue weighted by molar-refractivity contribution is -0.123. The number of ether oxygens (including phenoxy) is 1. The number of urea groups is 1. The highest BCUT2D eigenvalue weighted by Gasteiger charge is 2.33. The first kappa shape index (κ1) is 18.6. The normalized spacial score (nSPS) is 15.6. The van der Waals surface area contributed by atoms with Crippen LogP contribution in [0.4, 0.5) is 9.18 Å². The van der Waals surface area contributed by atoms with Crippen molar-refractivity contribution in [3.8, 4) is 5.75 Å². The third kappa shape index (κ3) is 4.73. The van der Waals surface area contributed by atoms with Gasteiger partial charge in [-0.3, -0.25) is 9.69 Å². The average molecular weight is 368 g/mol. The highest BCUT2D eigenvalue weighted by molar-refractivity contribution is 6.13. The third-order valence-electron chi connectivity index (χ3n) is 3.99. The number of nitrogens with one attached hydrogen (secondary N) is 1. The molecule has 6 heteroatoms. The summed E-state index contributed by atoms with van der Waals surface area (Å²) < 4.78 is 18.6. The van der Waals surface area contributed by atoms with Crippen LogP contribution in [-0.4, -0.2) is 23.4 Å². The monoisotopic (exact) mass is 368 g/mol. The van der Waals surface area contributed by atoms with E-state index >= 15 is 0 Å². The lowest BCUT2D eigenvalue weighted by Gasteiger charge is -2.11. The van der Waals surface area contributed by atoms with Gasteiger partial charge in [-0.1, -0.05) is 38.1 Å². The number of carbonyl (C=O) groups excluding carboxylic acids is 2. The van der Waals surface area contributed by atoms with Crippen molar-refractivity contribution in [3.05, 3.63) is 71.2 Å². The van der Waals surface area contributed by atoms with Gasteiger partial charge in [0.25, 0.3) is 5.91 Å². The van der Waals surface area contributed by atoms with E-state index in [-0.39, 0.29) is 18.1 Å². The van der Waals surface area contributed by atoms with Crippen LogP contribution in [0.2, 0.25) is 0 Å². The molecule has 1 aliphatic rings. The summed E-state index contributed by atoms with van der Waals surface area (Å²) in [6.07, 6.45) is 1.62. The van der Waals surface area contributed by atoms with Crippen LogP contribution in [0.15, 0.2) is 54.2 Å². The Hall–Kier alpha value is -3.15. The maximum atomic E-state index is 13.0. The minimum absolute atomic E-state index is 0.0876. The van der Waals surface area contributed by atoms with E-state index in [1.165, 1.54) is 12.1 Å². The first-order valence-electron chi connectivity index (χ1n) is 8.74. The van der Waals surface area contributed by atoms with Crippen molar-refractivity contribution in [1.29, 1.82) is 0 Å². The minimum Gasteiger partial charge on any atom is -0.493 e. The molecule has 0 spiro atoms. The number of rotatable bonds is 6. The van der Waals surface area contributed by atoms with E-state index < -0.39 is 11.9 Å². The van der Waals surface area contributed by atoms with E-state index in [4.69, 9.17) is 4.74 Å². The smallest absolute Gasteiger partial charge is 0.329 e. The number of halogens is 1. The number of amides is 3. The molecule has 1 N–H and O–H groups in total. The Bertz CT molecular complexity index is 858. The van der Waals surface area contributed by atoms with E-state index in [9.17, 15) is 14.0 Å². The molecule has 3 amide bonds. The Balaban J connectivity index is 1.69. The molecule has 0 saturated carbocycles. The quantitative estimate of drug-likeness (QED) is 0.620. The Morgan fingerprint density at radius 2 is 1.74 bits per heavy atom. The fourth-order valence-corrected chi connectivity index (χ4v) is 2.58. The van der Waals surface area contributed by atoms with E-state index in [1.807, 2.05) is 24.3 Å². The Kier molecular flexibility index (Phi) is 5.54. The van der Waals surface area contributed by atoms with Crippen molar-refractivity contribution in [2.75, 3.05) is 6.61 Å². The van der Waals surface area contributed by atoms with E-state index in [0.717, 1.165) is 16.2 Å². The second kappa shape index (κ2) is 8.03. The van der Waals surface area contributed by atoms with Gasteiger partial charge in [-0.15, -0.1) is 0 Å². The molecule has 0 atom stereocenters. The molecule has 0 bridgehead atoms. The summed E-state index contributed by atoms with van der Waals surface area (Å²) in [6.45, 7) is 4.87. The number of hydrogen-bond donors (Lipinski definition) is 1. The first-order chi connectivity index (χ1) is 12.9. The molecule has 2 aromatic rings. The van der Waals surface area contributed by atoms with Crippen molar-refractivity contribution < 1.29 is 18.7 Å². The Labute approximate surface area is 157 Å². The van der Waals surface area contributed by atoms with Crippen molar-refractivity contribution in [2.45, 2.75) is 20.4 Å². The molecule has 0 radical (unpaired) electrons. The average Bonchev–Trinajstić information content (AvgIpc) is 2.90. The molecule has 1 heterocycles. The summed E-state index contributed by atoms with van der Waals surface area (Å²) in [5.41, 5.74) is 1.66. The van der Waals surface area contributed by atoms with Crippen LogP contribution in [0.1, 0.15) is 25.0 Å². The fraction of sp³-hybridized carbons (Fsp3) is 0.238. The zero-order valence-electron chi connectivity index (χ0n) is 15.2. The van der Waals surface area contributed by atoms with E-state index in [1.54, 1.807) is 18.2 Å². The Morgan fingerprint density at radius 1 is 1.07 bits per heavy atom. The van der Waals surface area contributed by atoms with Crippen molar-refractivity contribution in [3.63, 3.8) is 0 Å². The fourth-order valence-electron chi connectivity index (χ4n) is 2.58. The van der Waals surface area contributed by atoms with Gasteiger partial charge in [0.05, 0.1) is 13.2 Å². The molecule has 140 valence electrons. The van der Waals surface area contributed by atoms with Crippen LogP contribution >= 0.6 is 0 Å². The van der Waals surface area contributed by atoms with E-state index in [0.29, 0.717) is 18.1 Å². The summed E-state index contributed by atoms with van der Waals surface area (Å²) >= 11 is 0. The van der Waals surface area contributed by atoms with Crippen LogP contribution in [0.5, 0.6) is 5.75 Å². The molecule has 0 unspecified atom stereocenters. The van der Waals surface area contributed by atoms with Crippen molar-refractivity contribution in [2.24, 2.45) is 5.92 Å². The number of carbonyl (C=O) groups is 2. The largest absolute Gasteiger partial charge is 0.493 e. The molecule has 0 aromatic heterocycles. The summed E-state index contributed by atoms with van der Waals surface area (Å²) in [4.78, 5) is 25.7. The lowest BCUT2D eigenvalue weighted by Crippen LogP contribution is -2.30. The van der Waals surface area contributed by atoms with Gasteiger partial charge in [-0.25, -0.2) is 9.18 Å². The number of nitrogens with zero attached hydrogens (tertiary/aromatic N) is 1. The SMILES string of the molecule is CC(C)COc1ccc(/C=C2\NC(=O)N(Cc3ccc(F)cc3)C2=O)cc1. The van der Waals surface area contributed by atoms with Gasteiger partial charge in [-0.2, -0.15) is 0 Å².